The van der Waals surface area contributed by atoms with E-state index in [-0.39, 0.29) is 41.5 Å². The van der Waals surface area contributed by atoms with E-state index >= 15 is 0 Å². The largest absolute Gasteiger partial charge is 0.458 e. The minimum absolute atomic E-state index is 0.00808. The molecular weight excluding hydrogens is 336 g/mol. The van der Waals surface area contributed by atoms with Crippen LogP contribution >= 0.6 is 0 Å². The Bertz CT molecular complexity index is 819. The van der Waals surface area contributed by atoms with Crippen LogP contribution in [0.5, 0.6) is 0 Å². The fourth-order valence-electron chi connectivity index (χ4n) is 7.70. The third-order valence-electron chi connectivity index (χ3n) is 9.10. The van der Waals surface area contributed by atoms with Gasteiger partial charge >= 0.3 is 5.97 Å². The van der Waals surface area contributed by atoms with Gasteiger partial charge in [-0.15, -0.1) is 0 Å². The summed E-state index contributed by atoms with van der Waals surface area (Å²) >= 11 is 0. The Kier molecular flexibility index (Phi) is 2.19. The smallest absolute Gasteiger partial charge is 0.334 e. The molecule has 5 fully saturated rings. The minimum atomic E-state index is -0.654. The zero-order chi connectivity index (χ0) is 17.9. The van der Waals surface area contributed by atoms with E-state index < -0.39 is 22.9 Å². The fraction of sp³-hybridized carbons (Fsp3) is 0.850. The van der Waals surface area contributed by atoms with Crippen LogP contribution in [0.1, 0.15) is 40.0 Å². The normalized spacial score (nSPS) is 63.1. The zero-order valence-corrected chi connectivity index (χ0v) is 15.3. The van der Waals surface area contributed by atoms with E-state index in [1.807, 2.05) is 0 Å². The van der Waals surface area contributed by atoms with Crippen LogP contribution in [0.4, 0.5) is 0 Å². The van der Waals surface area contributed by atoms with E-state index in [2.05, 4.69) is 20.8 Å². The van der Waals surface area contributed by atoms with E-state index in [1.54, 1.807) is 0 Å². The molecule has 3 aliphatic carbocycles. The van der Waals surface area contributed by atoms with Gasteiger partial charge in [-0.1, -0.05) is 20.8 Å². The molecule has 0 aromatic carbocycles. The molecule has 0 bridgehead atoms. The van der Waals surface area contributed by atoms with E-state index in [9.17, 15) is 9.90 Å². The third-order valence-corrected chi connectivity index (χ3v) is 9.10. The quantitative estimate of drug-likeness (QED) is 0.557. The number of esters is 1. The highest BCUT2D eigenvalue weighted by Gasteiger charge is 3.00. The molecule has 0 aromatic rings. The number of cyclic esters (lactones) is 1. The van der Waals surface area contributed by atoms with Crippen LogP contribution in [0, 0.1) is 17.3 Å². The van der Waals surface area contributed by atoms with Crippen molar-refractivity contribution in [2.24, 2.45) is 17.3 Å². The van der Waals surface area contributed by atoms with Crippen LogP contribution in [0.15, 0.2) is 11.1 Å². The van der Waals surface area contributed by atoms with Crippen molar-refractivity contribution in [3.8, 4) is 0 Å². The number of epoxide rings is 3. The number of hydrogen-bond acceptors (Lipinski definition) is 6. The molecule has 9 atom stereocenters. The van der Waals surface area contributed by atoms with Gasteiger partial charge in [0.1, 0.15) is 36.1 Å². The van der Waals surface area contributed by atoms with Crippen molar-refractivity contribution in [3.05, 3.63) is 11.1 Å². The molecule has 3 saturated heterocycles. The molecule has 140 valence electrons. The Hall–Kier alpha value is -0.950. The monoisotopic (exact) mass is 360 g/mol. The van der Waals surface area contributed by atoms with Crippen LogP contribution < -0.4 is 0 Å². The number of rotatable bonds is 1. The molecule has 4 heterocycles. The Balaban J connectivity index is 1.39. The van der Waals surface area contributed by atoms with Crippen molar-refractivity contribution in [3.63, 3.8) is 0 Å². The first-order valence-electron chi connectivity index (χ1n) is 9.95. The predicted octanol–water partition coefficient (Wildman–Crippen LogP) is 1.10. The van der Waals surface area contributed by atoms with E-state index in [4.69, 9.17) is 18.9 Å². The summed E-state index contributed by atoms with van der Waals surface area (Å²) in [7, 11) is 0. The van der Waals surface area contributed by atoms with Gasteiger partial charge in [0.2, 0.25) is 0 Å². The van der Waals surface area contributed by atoms with Crippen LogP contribution in [-0.4, -0.2) is 58.9 Å². The molecule has 7 rings (SSSR count). The van der Waals surface area contributed by atoms with Crippen LogP contribution in [0.25, 0.3) is 0 Å². The standard InChI is InChI=1S/C20H24O6/c1-8(2)18-13(25-18)14-20(26-14)17(3)5-4-9-10(7-23-15(9)21)11(17)6-12-19(20,24-12)16(18)22/h8,11-14,16,22H,4-7H2,1-3H3/t11?,12-,13-,14-,16+,17-,18-,19+,20+/m0/s1. The van der Waals surface area contributed by atoms with Crippen molar-refractivity contribution in [1.82, 2.24) is 0 Å². The highest BCUT2D eigenvalue weighted by atomic mass is 16.7. The summed E-state index contributed by atoms with van der Waals surface area (Å²) in [4.78, 5) is 12.1. The Morgan fingerprint density at radius 3 is 2.77 bits per heavy atom. The predicted molar refractivity (Wildman–Crippen MR) is 87.1 cm³/mol. The fourth-order valence-corrected chi connectivity index (χ4v) is 7.70. The van der Waals surface area contributed by atoms with E-state index in [0.717, 1.165) is 30.4 Å². The molecule has 1 N–H and O–H groups in total. The first-order valence-corrected chi connectivity index (χ1v) is 9.95. The lowest BCUT2D eigenvalue weighted by Gasteiger charge is -2.53. The van der Waals surface area contributed by atoms with Crippen molar-refractivity contribution < 1.29 is 28.8 Å². The maximum Gasteiger partial charge on any atom is 0.334 e. The van der Waals surface area contributed by atoms with Crippen LogP contribution in [0.2, 0.25) is 0 Å². The number of aliphatic hydroxyl groups is 1. The van der Waals surface area contributed by atoms with Crippen molar-refractivity contribution in [2.75, 3.05) is 6.61 Å². The van der Waals surface area contributed by atoms with Gasteiger partial charge in [0.05, 0.1) is 6.10 Å². The average molecular weight is 360 g/mol. The second-order valence-corrected chi connectivity index (χ2v) is 9.91. The highest BCUT2D eigenvalue weighted by molar-refractivity contribution is 5.92. The summed E-state index contributed by atoms with van der Waals surface area (Å²) in [6, 6.07) is 0. The summed E-state index contributed by atoms with van der Waals surface area (Å²) < 4.78 is 24.3. The summed E-state index contributed by atoms with van der Waals surface area (Å²) in [6.07, 6.45) is 1.71. The minimum Gasteiger partial charge on any atom is -0.458 e. The number of fused-ring (bicyclic) bond motifs is 4. The van der Waals surface area contributed by atoms with Gasteiger partial charge < -0.3 is 24.1 Å². The third kappa shape index (κ3) is 1.14. The second-order valence-electron chi connectivity index (χ2n) is 9.91. The summed E-state index contributed by atoms with van der Waals surface area (Å²) in [5.41, 5.74) is 0.230. The van der Waals surface area contributed by atoms with Gasteiger partial charge in [-0.2, -0.15) is 0 Å². The average Bonchev–Trinajstić information content (AvgIpc) is 3.47. The van der Waals surface area contributed by atoms with Gasteiger partial charge in [0.15, 0.2) is 5.60 Å². The summed E-state index contributed by atoms with van der Waals surface area (Å²) in [5, 5.41) is 11.4. The SMILES string of the molecule is CC(C)[C@]12O[C@H]1[C@@H]1O[C@]13[C@]1(O[C@H]1CC1C4=C(CC[C@@]13C)C(=O)OC4)[C@@H]2O. The van der Waals surface area contributed by atoms with Gasteiger partial charge in [0.25, 0.3) is 0 Å². The number of aliphatic hydroxyl groups excluding tert-OH is 1. The maximum atomic E-state index is 12.1. The summed E-state index contributed by atoms with van der Waals surface area (Å²) in [5.74, 6) is 0.297. The molecule has 2 spiro atoms. The number of carbonyl (C=O) groups is 1. The first kappa shape index (κ1) is 15.0. The van der Waals surface area contributed by atoms with Gasteiger partial charge in [-0.05, 0) is 36.7 Å². The molecular formula is C20H24O6. The molecule has 6 nitrogen and oxygen atoms in total. The molecule has 6 heteroatoms. The molecule has 4 aliphatic heterocycles. The highest BCUT2D eigenvalue weighted by Crippen LogP contribution is 2.82. The first-order chi connectivity index (χ1) is 12.3. The second kappa shape index (κ2) is 3.79. The molecule has 0 radical (unpaired) electrons. The lowest BCUT2D eigenvalue weighted by Crippen LogP contribution is -2.69. The Morgan fingerprint density at radius 1 is 1.19 bits per heavy atom. The van der Waals surface area contributed by atoms with Crippen molar-refractivity contribution in [2.45, 2.75) is 81.3 Å². The van der Waals surface area contributed by atoms with Crippen molar-refractivity contribution >= 4 is 5.97 Å². The molecule has 2 saturated carbocycles. The number of hydrogen-bond donors (Lipinski definition) is 1. The number of ether oxygens (including phenoxy) is 4. The van der Waals surface area contributed by atoms with Gasteiger partial charge in [-0.3, -0.25) is 0 Å². The van der Waals surface area contributed by atoms with E-state index in [1.165, 1.54) is 0 Å². The lowest BCUT2D eigenvalue weighted by molar-refractivity contribution is -0.136. The van der Waals surface area contributed by atoms with Gasteiger partial charge in [0, 0.05) is 11.0 Å². The lowest BCUT2D eigenvalue weighted by atomic mass is 9.46. The molecule has 0 aromatic heterocycles. The number of carbonyl (C=O) groups excluding carboxylic acids is 1. The maximum absolute atomic E-state index is 12.1. The molecule has 1 unspecified atom stereocenters. The Labute approximate surface area is 151 Å². The molecule has 26 heavy (non-hydrogen) atoms. The van der Waals surface area contributed by atoms with E-state index in [0.29, 0.717) is 6.61 Å². The molecule has 7 aliphatic rings. The summed E-state index contributed by atoms with van der Waals surface area (Å²) in [6.45, 7) is 6.91. The van der Waals surface area contributed by atoms with Crippen molar-refractivity contribution in [1.29, 1.82) is 0 Å². The van der Waals surface area contributed by atoms with Crippen LogP contribution in [0.3, 0.4) is 0 Å². The topological polar surface area (TPSA) is 84.1 Å². The van der Waals surface area contributed by atoms with Crippen LogP contribution in [-0.2, 0) is 23.7 Å². The van der Waals surface area contributed by atoms with Gasteiger partial charge in [-0.25, -0.2) is 4.79 Å². The zero-order valence-electron chi connectivity index (χ0n) is 15.3. The molecule has 0 amide bonds. The Morgan fingerprint density at radius 2 is 2.00 bits per heavy atom.